The topological polar surface area (TPSA) is 92.8 Å². The van der Waals surface area contributed by atoms with Gasteiger partial charge in [-0.2, -0.15) is 0 Å². The fourth-order valence-electron chi connectivity index (χ4n) is 7.70. The van der Waals surface area contributed by atoms with Crippen molar-refractivity contribution in [2.75, 3.05) is 6.61 Å². The first-order chi connectivity index (χ1) is 15.7. The minimum Gasteiger partial charge on any atom is -0.472 e. The van der Waals surface area contributed by atoms with Gasteiger partial charge in [-0.1, -0.05) is 20.8 Å². The van der Waals surface area contributed by atoms with Crippen LogP contribution in [0.4, 0.5) is 0 Å². The molecular weight excluding hydrogens is 428 g/mol. The second-order valence-corrected chi connectivity index (χ2v) is 11.4. The van der Waals surface area contributed by atoms with Crippen molar-refractivity contribution in [2.24, 2.45) is 28.6 Å². The zero-order chi connectivity index (χ0) is 23.2. The number of hydrogen-bond donors (Lipinski definition) is 0. The lowest BCUT2D eigenvalue weighted by Gasteiger charge is -2.67. The van der Waals surface area contributed by atoms with Crippen molar-refractivity contribution in [3.63, 3.8) is 0 Å². The monoisotopic (exact) mass is 462 g/mol. The first-order valence-corrected chi connectivity index (χ1v) is 12.3. The van der Waals surface area contributed by atoms with Gasteiger partial charge < -0.3 is 28.4 Å². The van der Waals surface area contributed by atoms with Gasteiger partial charge in [-0.15, -0.1) is 0 Å². The van der Waals surface area contributed by atoms with Crippen LogP contribution in [-0.4, -0.2) is 55.0 Å². The maximum Gasteiger partial charge on any atom is 0.310 e. The Labute approximate surface area is 194 Å². The molecule has 5 heterocycles. The highest BCUT2D eigenvalue weighted by molar-refractivity contribution is 5.71. The molecule has 10 atom stereocenters. The van der Waals surface area contributed by atoms with Gasteiger partial charge in [0.25, 0.3) is 0 Å². The Morgan fingerprint density at radius 3 is 2.61 bits per heavy atom. The van der Waals surface area contributed by atoms with E-state index in [1.807, 2.05) is 13.8 Å². The third-order valence-corrected chi connectivity index (χ3v) is 9.31. The smallest absolute Gasteiger partial charge is 0.310 e. The molecular formula is C25H34O8. The molecule has 4 saturated heterocycles. The van der Waals surface area contributed by atoms with E-state index >= 15 is 0 Å². The van der Waals surface area contributed by atoms with Crippen LogP contribution < -0.4 is 0 Å². The summed E-state index contributed by atoms with van der Waals surface area (Å²) in [6.45, 7) is 7.92. The fraction of sp³-hybridized carbons (Fsp3) is 0.840. The highest BCUT2D eigenvalue weighted by Gasteiger charge is 2.82. The van der Waals surface area contributed by atoms with Gasteiger partial charge in [0.15, 0.2) is 0 Å². The number of ether oxygens (including phenoxy) is 6. The predicted molar refractivity (Wildman–Crippen MR) is 113 cm³/mol. The lowest BCUT2D eigenvalue weighted by atomic mass is 9.42. The van der Waals surface area contributed by atoms with Gasteiger partial charge >= 0.3 is 11.9 Å². The second kappa shape index (κ2) is 7.18. The maximum absolute atomic E-state index is 12.8. The number of esters is 2. The van der Waals surface area contributed by atoms with Crippen molar-refractivity contribution >= 4 is 11.9 Å². The summed E-state index contributed by atoms with van der Waals surface area (Å²) in [6, 6.07) is 0. The SMILES string of the molecule is CC(=O)OC1CCC(C)(C2CC3C=COC3O2)C2CC3CC4(CO4)C12C(OC(=O)C(C)C)O3. The lowest BCUT2D eigenvalue weighted by Crippen LogP contribution is -2.75. The molecule has 8 heteroatoms. The van der Waals surface area contributed by atoms with Crippen LogP contribution >= 0.6 is 0 Å². The molecule has 0 N–H and O–H groups in total. The Kier molecular flexibility index (Phi) is 4.76. The highest BCUT2D eigenvalue weighted by Crippen LogP contribution is 2.73. The van der Waals surface area contributed by atoms with Crippen LogP contribution in [0.25, 0.3) is 0 Å². The molecule has 2 bridgehead atoms. The summed E-state index contributed by atoms with van der Waals surface area (Å²) in [5, 5.41) is 0. The summed E-state index contributed by atoms with van der Waals surface area (Å²) < 4.78 is 36.8. The Balaban J connectivity index is 1.43. The number of epoxide rings is 1. The van der Waals surface area contributed by atoms with Crippen molar-refractivity contribution in [2.45, 2.75) is 96.3 Å². The zero-order valence-corrected chi connectivity index (χ0v) is 19.8. The van der Waals surface area contributed by atoms with Crippen molar-refractivity contribution in [3.8, 4) is 0 Å². The molecule has 182 valence electrons. The predicted octanol–water partition coefficient (Wildman–Crippen LogP) is 3.08. The van der Waals surface area contributed by atoms with Crippen LogP contribution in [0.15, 0.2) is 12.3 Å². The first-order valence-electron chi connectivity index (χ1n) is 12.3. The Hall–Kier alpha value is -1.64. The van der Waals surface area contributed by atoms with Crippen molar-refractivity contribution in [1.82, 2.24) is 0 Å². The molecule has 33 heavy (non-hydrogen) atoms. The fourth-order valence-corrected chi connectivity index (χ4v) is 7.70. The first kappa shape index (κ1) is 21.9. The lowest BCUT2D eigenvalue weighted by molar-refractivity contribution is -0.370. The minimum atomic E-state index is -0.812. The summed E-state index contributed by atoms with van der Waals surface area (Å²) in [4.78, 5) is 25.0. The maximum atomic E-state index is 12.8. The average Bonchev–Trinajstić information content (AvgIpc) is 3.17. The van der Waals surface area contributed by atoms with Crippen LogP contribution in [0.1, 0.15) is 59.8 Å². The second-order valence-electron chi connectivity index (χ2n) is 11.4. The highest BCUT2D eigenvalue weighted by atomic mass is 16.7. The van der Waals surface area contributed by atoms with Gasteiger partial charge in [-0.3, -0.25) is 9.59 Å². The molecule has 2 aliphatic carbocycles. The quantitative estimate of drug-likeness (QED) is 0.465. The molecule has 8 nitrogen and oxygen atoms in total. The van der Waals surface area contributed by atoms with Gasteiger partial charge in [-0.05, 0) is 43.1 Å². The Bertz CT molecular complexity index is 880. The van der Waals surface area contributed by atoms with Crippen LogP contribution in [0.2, 0.25) is 0 Å². The molecule has 0 amide bonds. The van der Waals surface area contributed by atoms with E-state index in [0.29, 0.717) is 13.0 Å². The molecule has 0 aromatic heterocycles. The summed E-state index contributed by atoms with van der Waals surface area (Å²) in [7, 11) is 0. The number of fused-ring (bicyclic) bond motifs is 2. The van der Waals surface area contributed by atoms with Gasteiger partial charge in [-0.25, -0.2) is 0 Å². The summed E-state index contributed by atoms with van der Waals surface area (Å²) >= 11 is 0. The summed E-state index contributed by atoms with van der Waals surface area (Å²) in [5.74, 6) is -0.624. The molecule has 6 fully saturated rings. The van der Waals surface area contributed by atoms with Crippen LogP contribution in [0.3, 0.4) is 0 Å². The van der Waals surface area contributed by atoms with E-state index < -0.39 is 23.4 Å². The molecule has 2 spiro atoms. The van der Waals surface area contributed by atoms with E-state index in [-0.39, 0.29) is 53.6 Å². The molecule has 2 saturated carbocycles. The van der Waals surface area contributed by atoms with Crippen molar-refractivity contribution in [3.05, 3.63) is 12.3 Å². The van der Waals surface area contributed by atoms with Crippen molar-refractivity contribution < 1.29 is 38.0 Å². The number of carbonyl (C=O) groups excluding carboxylic acids is 2. The Morgan fingerprint density at radius 2 is 1.94 bits per heavy atom. The third-order valence-electron chi connectivity index (χ3n) is 9.31. The number of rotatable bonds is 4. The molecule has 0 aromatic carbocycles. The van der Waals surface area contributed by atoms with E-state index in [2.05, 4.69) is 13.0 Å². The molecule has 7 rings (SSSR count). The standard InChI is InChI=1S/C25H34O8/c1-13(2)20(27)33-22-25-17(10-16(31-22)11-24(25)12-29-24)23(4,7-5-18(25)30-14(3)26)19-9-15-6-8-28-21(15)32-19/h6,8,13,15-19,21-22H,5,7,9-12H2,1-4H3. The third kappa shape index (κ3) is 2.93. The molecule has 0 aromatic rings. The molecule has 5 aliphatic heterocycles. The molecule has 10 unspecified atom stereocenters. The van der Waals surface area contributed by atoms with Crippen molar-refractivity contribution in [1.29, 1.82) is 0 Å². The van der Waals surface area contributed by atoms with E-state index in [1.165, 1.54) is 6.92 Å². The normalized spacial score (nSPS) is 51.2. The summed E-state index contributed by atoms with van der Waals surface area (Å²) in [6.07, 6.45) is 6.17. The zero-order valence-electron chi connectivity index (χ0n) is 19.8. The van der Waals surface area contributed by atoms with Gasteiger partial charge in [0.2, 0.25) is 12.6 Å². The summed E-state index contributed by atoms with van der Waals surface area (Å²) in [5.41, 5.74) is -1.49. The van der Waals surface area contributed by atoms with E-state index in [4.69, 9.17) is 28.4 Å². The van der Waals surface area contributed by atoms with Gasteiger partial charge in [0.1, 0.15) is 17.1 Å². The van der Waals surface area contributed by atoms with Crippen LogP contribution in [0.5, 0.6) is 0 Å². The molecule has 7 aliphatic rings. The number of carbonyl (C=O) groups is 2. The minimum absolute atomic E-state index is 0.00537. The van der Waals surface area contributed by atoms with Crippen LogP contribution in [-0.2, 0) is 38.0 Å². The largest absolute Gasteiger partial charge is 0.472 e. The van der Waals surface area contributed by atoms with Crippen LogP contribution in [0, 0.1) is 28.6 Å². The number of hydrogen-bond acceptors (Lipinski definition) is 8. The van der Waals surface area contributed by atoms with Gasteiger partial charge in [0, 0.05) is 19.3 Å². The van der Waals surface area contributed by atoms with E-state index in [1.54, 1.807) is 6.26 Å². The average molecular weight is 463 g/mol. The molecule has 0 radical (unpaired) electrons. The van der Waals surface area contributed by atoms with E-state index in [0.717, 1.165) is 25.7 Å². The Morgan fingerprint density at radius 1 is 1.15 bits per heavy atom. The van der Waals surface area contributed by atoms with E-state index in [9.17, 15) is 9.59 Å². The van der Waals surface area contributed by atoms with Gasteiger partial charge in [0.05, 0.1) is 31.0 Å².